The van der Waals surface area contributed by atoms with Gasteiger partial charge in [0.1, 0.15) is 5.75 Å². The van der Waals surface area contributed by atoms with Crippen molar-refractivity contribution in [1.29, 1.82) is 0 Å². The van der Waals surface area contributed by atoms with Gasteiger partial charge in [0.15, 0.2) is 0 Å². The molecule has 2 rings (SSSR count). The molecular formula is C17H18O3. The van der Waals surface area contributed by atoms with Crippen molar-refractivity contribution >= 4 is 22.8 Å². The van der Waals surface area contributed by atoms with Gasteiger partial charge in [-0.3, -0.25) is 0 Å². The minimum absolute atomic E-state index is 0.345. The standard InChI is InChI=1S/C17H18O3/c1-3-19-16-11-9-13-7-5-6-8-14(13)15(16)10-12-17(18)20-4-2/h5-12H,3-4H2,1-2H3. The van der Waals surface area contributed by atoms with Crippen LogP contribution in [-0.4, -0.2) is 19.2 Å². The van der Waals surface area contributed by atoms with Crippen LogP contribution in [0.15, 0.2) is 42.5 Å². The van der Waals surface area contributed by atoms with Crippen molar-refractivity contribution in [2.24, 2.45) is 0 Å². The summed E-state index contributed by atoms with van der Waals surface area (Å²) in [4.78, 5) is 11.5. The topological polar surface area (TPSA) is 35.5 Å². The van der Waals surface area contributed by atoms with Crippen molar-refractivity contribution in [2.75, 3.05) is 13.2 Å². The summed E-state index contributed by atoms with van der Waals surface area (Å²) in [6.45, 7) is 4.68. The van der Waals surface area contributed by atoms with E-state index in [2.05, 4.69) is 0 Å². The first-order valence-electron chi connectivity index (χ1n) is 6.75. The highest BCUT2D eigenvalue weighted by Crippen LogP contribution is 2.29. The molecule has 0 aromatic heterocycles. The van der Waals surface area contributed by atoms with E-state index in [0.717, 1.165) is 22.1 Å². The average molecular weight is 270 g/mol. The molecule has 0 unspecified atom stereocenters. The third-order valence-corrected chi connectivity index (χ3v) is 2.90. The maximum Gasteiger partial charge on any atom is 0.330 e. The number of hydrogen-bond donors (Lipinski definition) is 0. The van der Waals surface area contributed by atoms with Gasteiger partial charge in [-0.2, -0.15) is 0 Å². The molecule has 2 aromatic rings. The van der Waals surface area contributed by atoms with Crippen LogP contribution in [0.3, 0.4) is 0 Å². The van der Waals surface area contributed by atoms with Gasteiger partial charge in [0.2, 0.25) is 0 Å². The van der Waals surface area contributed by atoms with Gasteiger partial charge in [0, 0.05) is 11.6 Å². The summed E-state index contributed by atoms with van der Waals surface area (Å²) in [7, 11) is 0. The number of carbonyl (C=O) groups excluding carboxylic acids is 1. The largest absolute Gasteiger partial charge is 0.493 e. The lowest BCUT2D eigenvalue weighted by Crippen LogP contribution is -1.99. The number of carbonyl (C=O) groups is 1. The number of fused-ring (bicyclic) bond motifs is 1. The summed E-state index contributed by atoms with van der Waals surface area (Å²) in [6, 6.07) is 12.0. The fourth-order valence-corrected chi connectivity index (χ4v) is 2.07. The summed E-state index contributed by atoms with van der Waals surface area (Å²) >= 11 is 0. The van der Waals surface area contributed by atoms with Crippen LogP contribution < -0.4 is 4.74 Å². The monoisotopic (exact) mass is 270 g/mol. The molecule has 0 aliphatic heterocycles. The van der Waals surface area contributed by atoms with E-state index in [-0.39, 0.29) is 5.97 Å². The smallest absolute Gasteiger partial charge is 0.330 e. The lowest BCUT2D eigenvalue weighted by Gasteiger charge is -2.10. The molecule has 0 atom stereocenters. The van der Waals surface area contributed by atoms with Crippen LogP contribution in [0.4, 0.5) is 0 Å². The Morgan fingerprint density at radius 2 is 1.90 bits per heavy atom. The van der Waals surface area contributed by atoms with E-state index in [9.17, 15) is 4.79 Å². The molecule has 0 aliphatic rings. The summed E-state index contributed by atoms with van der Waals surface area (Å²) < 4.78 is 10.5. The van der Waals surface area contributed by atoms with Gasteiger partial charge >= 0.3 is 5.97 Å². The van der Waals surface area contributed by atoms with Crippen molar-refractivity contribution in [3.63, 3.8) is 0 Å². The van der Waals surface area contributed by atoms with Gasteiger partial charge < -0.3 is 9.47 Å². The van der Waals surface area contributed by atoms with Gasteiger partial charge in [-0.1, -0.05) is 30.3 Å². The zero-order valence-electron chi connectivity index (χ0n) is 11.8. The highest BCUT2D eigenvalue weighted by atomic mass is 16.5. The Balaban J connectivity index is 2.46. The van der Waals surface area contributed by atoms with E-state index in [1.165, 1.54) is 6.08 Å². The third kappa shape index (κ3) is 3.18. The Morgan fingerprint density at radius 1 is 1.10 bits per heavy atom. The molecule has 0 N–H and O–H groups in total. The molecule has 0 spiro atoms. The SMILES string of the molecule is CCOC(=O)C=Cc1c(OCC)ccc2ccccc12. The van der Waals surface area contributed by atoms with Crippen LogP contribution in [-0.2, 0) is 9.53 Å². The van der Waals surface area contributed by atoms with Gasteiger partial charge in [-0.15, -0.1) is 0 Å². The lowest BCUT2D eigenvalue weighted by molar-refractivity contribution is -0.137. The van der Waals surface area contributed by atoms with Crippen LogP contribution in [0.5, 0.6) is 5.75 Å². The molecule has 0 amide bonds. The third-order valence-electron chi connectivity index (χ3n) is 2.90. The summed E-state index contributed by atoms with van der Waals surface area (Å²) in [5.41, 5.74) is 0.901. The fraction of sp³-hybridized carbons (Fsp3) is 0.235. The average Bonchev–Trinajstić information content (AvgIpc) is 2.46. The predicted molar refractivity (Wildman–Crippen MR) is 80.8 cm³/mol. The number of benzene rings is 2. The molecule has 0 fully saturated rings. The molecule has 104 valence electrons. The number of rotatable bonds is 5. The molecule has 0 radical (unpaired) electrons. The zero-order valence-corrected chi connectivity index (χ0v) is 11.8. The van der Waals surface area contributed by atoms with Crippen molar-refractivity contribution < 1.29 is 14.3 Å². The Morgan fingerprint density at radius 3 is 2.65 bits per heavy atom. The molecule has 2 aromatic carbocycles. The van der Waals surface area contributed by atoms with Crippen molar-refractivity contribution in [2.45, 2.75) is 13.8 Å². The van der Waals surface area contributed by atoms with E-state index in [1.807, 2.05) is 43.3 Å². The predicted octanol–water partition coefficient (Wildman–Crippen LogP) is 3.81. The summed E-state index contributed by atoms with van der Waals surface area (Å²) in [5, 5.41) is 2.17. The van der Waals surface area contributed by atoms with Crippen molar-refractivity contribution in [3.05, 3.63) is 48.0 Å². The molecule has 0 heterocycles. The Labute approximate surface area is 118 Å². The Bertz CT molecular complexity index is 629. The van der Waals surface area contributed by atoms with E-state index in [0.29, 0.717) is 13.2 Å². The van der Waals surface area contributed by atoms with Crippen LogP contribution in [0.2, 0.25) is 0 Å². The summed E-state index contributed by atoms with van der Waals surface area (Å²) in [6.07, 6.45) is 3.19. The van der Waals surface area contributed by atoms with Gasteiger partial charge in [-0.05, 0) is 36.8 Å². The van der Waals surface area contributed by atoms with Gasteiger partial charge in [0.25, 0.3) is 0 Å². The Kier molecular flexibility index (Phi) is 4.77. The lowest BCUT2D eigenvalue weighted by atomic mass is 10.0. The quantitative estimate of drug-likeness (QED) is 0.612. The first-order valence-corrected chi connectivity index (χ1v) is 6.75. The second kappa shape index (κ2) is 6.75. The maximum absolute atomic E-state index is 11.5. The van der Waals surface area contributed by atoms with Crippen LogP contribution in [0, 0.1) is 0 Å². The molecule has 3 nitrogen and oxygen atoms in total. The molecule has 0 saturated heterocycles. The minimum Gasteiger partial charge on any atom is -0.493 e. The highest BCUT2D eigenvalue weighted by Gasteiger charge is 2.06. The normalized spacial score (nSPS) is 10.9. The summed E-state index contributed by atoms with van der Waals surface area (Å²) in [5.74, 6) is 0.426. The molecular weight excluding hydrogens is 252 g/mol. The van der Waals surface area contributed by atoms with Crippen LogP contribution >= 0.6 is 0 Å². The van der Waals surface area contributed by atoms with Crippen LogP contribution in [0.25, 0.3) is 16.8 Å². The fourth-order valence-electron chi connectivity index (χ4n) is 2.07. The molecule has 0 aliphatic carbocycles. The van der Waals surface area contributed by atoms with Crippen molar-refractivity contribution in [1.82, 2.24) is 0 Å². The van der Waals surface area contributed by atoms with E-state index < -0.39 is 0 Å². The molecule has 0 saturated carbocycles. The van der Waals surface area contributed by atoms with E-state index in [4.69, 9.17) is 9.47 Å². The molecule has 20 heavy (non-hydrogen) atoms. The number of esters is 1. The van der Waals surface area contributed by atoms with Gasteiger partial charge in [0.05, 0.1) is 13.2 Å². The van der Waals surface area contributed by atoms with Crippen molar-refractivity contribution in [3.8, 4) is 5.75 Å². The van der Waals surface area contributed by atoms with Crippen LogP contribution in [0.1, 0.15) is 19.4 Å². The second-order valence-electron chi connectivity index (χ2n) is 4.22. The minimum atomic E-state index is -0.345. The highest BCUT2D eigenvalue weighted by molar-refractivity contribution is 5.96. The maximum atomic E-state index is 11.5. The molecule has 3 heteroatoms. The molecule has 0 bridgehead atoms. The van der Waals surface area contributed by atoms with E-state index >= 15 is 0 Å². The first-order chi connectivity index (χ1) is 9.76. The first kappa shape index (κ1) is 14.1. The zero-order chi connectivity index (χ0) is 14.4. The number of ether oxygens (including phenoxy) is 2. The second-order valence-corrected chi connectivity index (χ2v) is 4.22. The van der Waals surface area contributed by atoms with Gasteiger partial charge in [-0.25, -0.2) is 4.79 Å². The van der Waals surface area contributed by atoms with E-state index in [1.54, 1.807) is 13.0 Å². The number of hydrogen-bond acceptors (Lipinski definition) is 3. The Hall–Kier alpha value is -2.29.